The van der Waals surface area contributed by atoms with Crippen molar-refractivity contribution in [2.24, 2.45) is 5.41 Å². The van der Waals surface area contributed by atoms with E-state index in [1.807, 2.05) is 0 Å². The lowest BCUT2D eigenvalue weighted by Gasteiger charge is -2.26. The van der Waals surface area contributed by atoms with Crippen LogP contribution in [0.1, 0.15) is 31.1 Å². The molecule has 17 heavy (non-hydrogen) atoms. The molecular weight excluding hydrogens is 216 g/mol. The Kier molecular flexibility index (Phi) is 3.66. The number of anilines is 1. The molecule has 0 unspecified atom stereocenters. The maximum atomic E-state index is 12.1. The Labute approximate surface area is 102 Å². The third-order valence-electron chi connectivity index (χ3n) is 2.34. The molecule has 1 amide bonds. The van der Waals surface area contributed by atoms with E-state index in [1.54, 1.807) is 18.0 Å². The van der Waals surface area contributed by atoms with Crippen LogP contribution in [0, 0.1) is 5.41 Å². The lowest BCUT2D eigenvalue weighted by atomic mass is 9.96. The smallest absolute Gasteiger partial charge is 0.253 e. The summed E-state index contributed by atoms with van der Waals surface area (Å²) in [4.78, 5) is 13.7. The maximum Gasteiger partial charge on any atom is 0.253 e. The highest BCUT2D eigenvalue weighted by atomic mass is 16.3. The van der Waals surface area contributed by atoms with Gasteiger partial charge < -0.3 is 15.7 Å². The van der Waals surface area contributed by atoms with Crippen LogP contribution in [0.25, 0.3) is 0 Å². The Morgan fingerprint density at radius 3 is 2.47 bits per heavy atom. The standard InChI is InChI=1S/C13H20N2O2/c1-13(2,3)8-15(4)12(17)9-5-6-10(14)11(16)7-9/h5-7,16H,8,14H2,1-4H3. The van der Waals surface area contributed by atoms with Crippen molar-refractivity contribution in [3.63, 3.8) is 0 Å². The summed E-state index contributed by atoms with van der Waals surface area (Å²) in [5.74, 6) is -0.171. The normalized spacial score (nSPS) is 11.3. The molecular formula is C13H20N2O2. The summed E-state index contributed by atoms with van der Waals surface area (Å²) in [5.41, 5.74) is 6.26. The molecule has 0 saturated carbocycles. The molecule has 94 valence electrons. The lowest BCUT2D eigenvalue weighted by Crippen LogP contribution is -2.34. The van der Waals surface area contributed by atoms with Gasteiger partial charge in [-0.25, -0.2) is 0 Å². The van der Waals surface area contributed by atoms with Crippen LogP contribution in [0.15, 0.2) is 18.2 Å². The van der Waals surface area contributed by atoms with Gasteiger partial charge in [-0.05, 0) is 23.6 Å². The highest BCUT2D eigenvalue weighted by Crippen LogP contribution is 2.22. The largest absolute Gasteiger partial charge is 0.506 e. The minimum absolute atomic E-state index is 0.0419. The summed E-state index contributed by atoms with van der Waals surface area (Å²) in [6.07, 6.45) is 0. The van der Waals surface area contributed by atoms with Gasteiger partial charge in [-0.2, -0.15) is 0 Å². The van der Waals surface area contributed by atoms with Crippen LogP contribution in [0.3, 0.4) is 0 Å². The van der Waals surface area contributed by atoms with E-state index in [9.17, 15) is 9.90 Å². The first kappa shape index (κ1) is 13.4. The summed E-state index contributed by atoms with van der Waals surface area (Å²) < 4.78 is 0. The Balaban J connectivity index is 2.85. The molecule has 0 saturated heterocycles. The van der Waals surface area contributed by atoms with Crippen molar-refractivity contribution < 1.29 is 9.90 Å². The molecule has 0 spiro atoms. The zero-order chi connectivity index (χ0) is 13.2. The van der Waals surface area contributed by atoms with E-state index in [1.165, 1.54) is 12.1 Å². The van der Waals surface area contributed by atoms with Gasteiger partial charge in [-0.3, -0.25) is 4.79 Å². The van der Waals surface area contributed by atoms with Crippen LogP contribution in [-0.2, 0) is 0 Å². The number of carbonyl (C=O) groups excluding carboxylic acids is 1. The summed E-state index contributed by atoms with van der Waals surface area (Å²) in [6.45, 7) is 6.85. The first-order valence-electron chi connectivity index (χ1n) is 5.55. The van der Waals surface area contributed by atoms with Crippen molar-refractivity contribution in [3.05, 3.63) is 23.8 Å². The fraction of sp³-hybridized carbons (Fsp3) is 0.462. The van der Waals surface area contributed by atoms with Crippen molar-refractivity contribution >= 4 is 11.6 Å². The number of carbonyl (C=O) groups is 1. The summed E-state index contributed by atoms with van der Waals surface area (Å²) >= 11 is 0. The van der Waals surface area contributed by atoms with Crippen LogP contribution in [0.2, 0.25) is 0 Å². The number of benzene rings is 1. The number of hydrogen-bond acceptors (Lipinski definition) is 3. The third kappa shape index (κ3) is 3.66. The van der Waals surface area contributed by atoms with E-state index in [-0.39, 0.29) is 22.8 Å². The second kappa shape index (κ2) is 4.65. The van der Waals surface area contributed by atoms with Gasteiger partial charge in [0, 0.05) is 19.2 Å². The van der Waals surface area contributed by atoms with Gasteiger partial charge >= 0.3 is 0 Å². The molecule has 0 aliphatic heterocycles. The lowest BCUT2D eigenvalue weighted by molar-refractivity contribution is 0.0745. The molecule has 0 aliphatic carbocycles. The Hall–Kier alpha value is -1.71. The number of aromatic hydroxyl groups is 1. The molecule has 0 aliphatic rings. The summed E-state index contributed by atoms with van der Waals surface area (Å²) in [6, 6.07) is 4.56. The van der Waals surface area contributed by atoms with Gasteiger partial charge in [0.25, 0.3) is 5.91 Å². The molecule has 0 bridgehead atoms. The number of phenolic OH excluding ortho intramolecular Hbond substituents is 1. The van der Waals surface area contributed by atoms with Crippen molar-refractivity contribution in [2.45, 2.75) is 20.8 Å². The van der Waals surface area contributed by atoms with Crippen LogP contribution in [-0.4, -0.2) is 29.5 Å². The minimum Gasteiger partial charge on any atom is -0.506 e. The molecule has 0 heterocycles. The first-order valence-corrected chi connectivity index (χ1v) is 5.55. The van der Waals surface area contributed by atoms with Crippen molar-refractivity contribution in [2.75, 3.05) is 19.3 Å². The molecule has 0 fully saturated rings. The van der Waals surface area contributed by atoms with Crippen molar-refractivity contribution in [1.82, 2.24) is 4.90 Å². The number of nitrogens with zero attached hydrogens (tertiary/aromatic N) is 1. The number of rotatable bonds is 2. The molecule has 1 aromatic carbocycles. The van der Waals surface area contributed by atoms with E-state index in [0.29, 0.717) is 12.1 Å². The summed E-state index contributed by atoms with van der Waals surface area (Å²) in [7, 11) is 1.75. The fourth-order valence-corrected chi connectivity index (χ4v) is 1.68. The van der Waals surface area contributed by atoms with Gasteiger partial charge in [0.15, 0.2) is 0 Å². The second-order valence-electron chi connectivity index (χ2n) is 5.50. The topological polar surface area (TPSA) is 66.6 Å². The molecule has 4 nitrogen and oxygen atoms in total. The fourth-order valence-electron chi connectivity index (χ4n) is 1.68. The van der Waals surface area contributed by atoms with E-state index in [4.69, 9.17) is 5.73 Å². The molecule has 0 atom stereocenters. The molecule has 3 N–H and O–H groups in total. The van der Waals surface area contributed by atoms with Gasteiger partial charge in [-0.15, -0.1) is 0 Å². The number of nitrogen functional groups attached to an aromatic ring is 1. The van der Waals surface area contributed by atoms with Crippen LogP contribution in [0.5, 0.6) is 5.75 Å². The van der Waals surface area contributed by atoms with Gasteiger partial charge in [0.05, 0.1) is 5.69 Å². The second-order valence-corrected chi connectivity index (χ2v) is 5.50. The van der Waals surface area contributed by atoms with E-state index >= 15 is 0 Å². The molecule has 1 rings (SSSR count). The van der Waals surface area contributed by atoms with Crippen molar-refractivity contribution in [1.29, 1.82) is 0 Å². The molecule has 0 radical (unpaired) electrons. The zero-order valence-corrected chi connectivity index (χ0v) is 10.8. The molecule has 4 heteroatoms. The van der Waals surface area contributed by atoms with E-state index in [0.717, 1.165) is 0 Å². The average molecular weight is 236 g/mol. The maximum absolute atomic E-state index is 12.1. The Morgan fingerprint density at radius 1 is 1.41 bits per heavy atom. The number of hydrogen-bond donors (Lipinski definition) is 2. The summed E-state index contributed by atoms with van der Waals surface area (Å²) in [5, 5.41) is 9.47. The SMILES string of the molecule is CN(CC(C)(C)C)C(=O)c1ccc(N)c(O)c1. The highest BCUT2D eigenvalue weighted by Gasteiger charge is 2.19. The van der Waals surface area contributed by atoms with Gasteiger partial charge in [0.1, 0.15) is 5.75 Å². The molecule has 1 aromatic rings. The van der Waals surface area contributed by atoms with Crippen molar-refractivity contribution in [3.8, 4) is 5.75 Å². The number of amides is 1. The quantitative estimate of drug-likeness (QED) is 0.610. The van der Waals surface area contributed by atoms with Crippen LogP contribution >= 0.6 is 0 Å². The minimum atomic E-state index is -0.116. The van der Waals surface area contributed by atoms with Gasteiger partial charge in [-0.1, -0.05) is 20.8 Å². The number of nitrogens with two attached hydrogens (primary N) is 1. The monoisotopic (exact) mass is 236 g/mol. The van der Waals surface area contributed by atoms with Crippen LogP contribution < -0.4 is 5.73 Å². The first-order chi connectivity index (χ1) is 7.70. The Bertz CT molecular complexity index is 422. The van der Waals surface area contributed by atoms with Gasteiger partial charge in [0.2, 0.25) is 0 Å². The van der Waals surface area contributed by atoms with Crippen LogP contribution in [0.4, 0.5) is 5.69 Å². The number of phenols is 1. The zero-order valence-electron chi connectivity index (χ0n) is 10.8. The predicted molar refractivity (Wildman–Crippen MR) is 68.9 cm³/mol. The third-order valence-corrected chi connectivity index (χ3v) is 2.34. The predicted octanol–water partition coefficient (Wildman–Crippen LogP) is 2.09. The average Bonchev–Trinajstić information content (AvgIpc) is 2.18. The highest BCUT2D eigenvalue weighted by molar-refractivity contribution is 5.95. The van der Waals surface area contributed by atoms with E-state index in [2.05, 4.69) is 20.8 Å². The molecule has 0 aromatic heterocycles. The Morgan fingerprint density at radius 2 is 2.00 bits per heavy atom. The van der Waals surface area contributed by atoms with E-state index < -0.39 is 0 Å².